The Morgan fingerprint density at radius 2 is 2.08 bits per heavy atom. The van der Waals surface area contributed by atoms with Crippen LogP contribution in [-0.2, 0) is 4.79 Å². The molecule has 1 aliphatic rings. The molecular weight excluding hydrogens is 341 g/mol. The van der Waals surface area contributed by atoms with Gasteiger partial charge in [0.05, 0.1) is 12.1 Å². The summed E-state index contributed by atoms with van der Waals surface area (Å²) in [6.07, 6.45) is 2.00. The lowest BCUT2D eigenvalue weighted by Gasteiger charge is -2.29. The molecule has 1 aromatic heterocycles. The van der Waals surface area contributed by atoms with Crippen molar-refractivity contribution in [2.24, 2.45) is 5.73 Å². The Bertz CT molecular complexity index is 788. The third-order valence-corrected chi connectivity index (χ3v) is 5.21. The van der Waals surface area contributed by atoms with Gasteiger partial charge in [0, 0.05) is 17.6 Å². The lowest BCUT2D eigenvalue weighted by molar-refractivity contribution is -0.118. The lowest BCUT2D eigenvalue weighted by Crippen LogP contribution is -2.37. The number of rotatable bonds is 7. The summed E-state index contributed by atoms with van der Waals surface area (Å²) in [5, 5.41) is 4.90. The maximum atomic E-state index is 14.1. The zero-order chi connectivity index (χ0) is 18.0. The van der Waals surface area contributed by atoms with Gasteiger partial charge in [-0.15, -0.1) is 11.3 Å². The van der Waals surface area contributed by atoms with Gasteiger partial charge in [0.1, 0.15) is 10.8 Å². The van der Waals surface area contributed by atoms with Gasteiger partial charge in [-0.2, -0.15) is 0 Å². The van der Waals surface area contributed by atoms with E-state index in [1.54, 1.807) is 29.6 Å². The fraction of sp³-hybridized carbons (Fsp3) is 0.333. The van der Waals surface area contributed by atoms with Crippen molar-refractivity contribution in [3.05, 3.63) is 52.7 Å². The first-order chi connectivity index (χ1) is 12.0. The van der Waals surface area contributed by atoms with Crippen LogP contribution in [0.25, 0.3) is 0 Å². The van der Waals surface area contributed by atoms with Crippen molar-refractivity contribution in [3.8, 4) is 0 Å². The average Bonchev–Trinajstić information content (AvgIpc) is 3.31. The fourth-order valence-electron chi connectivity index (χ4n) is 2.91. The molecule has 1 aliphatic carbocycles. The van der Waals surface area contributed by atoms with Gasteiger partial charge in [0.15, 0.2) is 0 Å². The number of carbonyl (C=O) groups is 2. The Balaban J connectivity index is 1.72. The molecule has 1 unspecified atom stereocenters. The predicted octanol–water partition coefficient (Wildman–Crippen LogP) is 3.15. The molecular formula is C18H20FN3O2S. The van der Waals surface area contributed by atoms with Crippen LogP contribution in [0.4, 0.5) is 9.39 Å². The average molecular weight is 361 g/mol. The number of halogens is 1. The van der Waals surface area contributed by atoms with E-state index in [0.29, 0.717) is 16.1 Å². The highest BCUT2D eigenvalue weighted by atomic mass is 32.1. The predicted molar refractivity (Wildman–Crippen MR) is 96.0 cm³/mol. The molecule has 5 nitrogen and oxygen atoms in total. The molecule has 0 saturated heterocycles. The Labute approximate surface area is 149 Å². The summed E-state index contributed by atoms with van der Waals surface area (Å²) >= 11 is 1.25. The third kappa shape index (κ3) is 4.05. The van der Waals surface area contributed by atoms with Crippen molar-refractivity contribution in [2.75, 3.05) is 11.9 Å². The normalized spacial score (nSPS) is 15.2. The fourth-order valence-corrected chi connectivity index (χ4v) is 3.72. The number of anilines is 1. The molecule has 132 valence electrons. The van der Waals surface area contributed by atoms with E-state index in [1.807, 2.05) is 11.8 Å². The summed E-state index contributed by atoms with van der Waals surface area (Å²) in [6, 6.07) is 8.29. The van der Waals surface area contributed by atoms with E-state index in [2.05, 4.69) is 5.32 Å². The molecule has 0 bridgehead atoms. The minimum absolute atomic E-state index is 0.135. The summed E-state index contributed by atoms with van der Waals surface area (Å²) in [5.74, 6) is -1.08. The molecule has 25 heavy (non-hydrogen) atoms. The van der Waals surface area contributed by atoms with E-state index in [-0.39, 0.29) is 30.4 Å². The molecule has 3 rings (SSSR count). The maximum absolute atomic E-state index is 14.1. The summed E-state index contributed by atoms with van der Waals surface area (Å²) < 4.78 is 14.1. The lowest BCUT2D eigenvalue weighted by atomic mass is 10.1. The molecule has 3 N–H and O–H groups in total. The van der Waals surface area contributed by atoms with Crippen molar-refractivity contribution in [1.82, 2.24) is 4.90 Å². The van der Waals surface area contributed by atoms with Gasteiger partial charge in [-0.1, -0.05) is 18.2 Å². The second-order valence-electron chi connectivity index (χ2n) is 6.18. The third-order valence-electron chi connectivity index (χ3n) is 4.38. The van der Waals surface area contributed by atoms with E-state index >= 15 is 0 Å². The van der Waals surface area contributed by atoms with Crippen LogP contribution in [0, 0.1) is 5.82 Å². The van der Waals surface area contributed by atoms with Gasteiger partial charge in [0.2, 0.25) is 5.91 Å². The van der Waals surface area contributed by atoms with E-state index < -0.39 is 5.91 Å². The van der Waals surface area contributed by atoms with Crippen molar-refractivity contribution in [1.29, 1.82) is 0 Å². The van der Waals surface area contributed by atoms with Crippen molar-refractivity contribution in [2.45, 2.75) is 31.8 Å². The number of primary amides is 1. The number of carbonyl (C=O) groups excluding carboxylic acids is 2. The quantitative estimate of drug-likeness (QED) is 0.795. The molecule has 1 atom stereocenters. The van der Waals surface area contributed by atoms with Crippen molar-refractivity contribution < 1.29 is 14.0 Å². The number of hydrogen-bond acceptors (Lipinski definition) is 4. The van der Waals surface area contributed by atoms with Crippen LogP contribution in [0.15, 0.2) is 35.7 Å². The molecule has 1 heterocycles. The van der Waals surface area contributed by atoms with E-state index in [0.717, 1.165) is 12.8 Å². The van der Waals surface area contributed by atoms with Gasteiger partial charge in [-0.3, -0.25) is 14.5 Å². The molecule has 7 heteroatoms. The van der Waals surface area contributed by atoms with Crippen LogP contribution in [0.2, 0.25) is 0 Å². The van der Waals surface area contributed by atoms with E-state index in [9.17, 15) is 14.0 Å². The van der Waals surface area contributed by atoms with Crippen LogP contribution in [-0.4, -0.2) is 29.3 Å². The van der Waals surface area contributed by atoms with Gasteiger partial charge < -0.3 is 11.1 Å². The van der Waals surface area contributed by atoms with Gasteiger partial charge >= 0.3 is 0 Å². The molecule has 0 radical (unpaired) electrons. The van der Waals surface area contributed by atoms with Crippen LogP contribution in [0.3, 0.4) is 0 Å². The number of nitrogens with zero attached hydrogens (tertiary/aromatic N) is 1. The Morgan fingerprint density at radius 1 is 1.36 bits per heavy atom. The maximum Gasteiger partial charge on any atom is 0.251 e. The second kappa shape index (κ2) is 7.33. The first kappa shape index (κ1) is 17.6. The summed E-state index contributed by atoms with van der Waals surface area (Å²) in [7, 11) is 0. The highest BCUT2D eigenvalue weighted by Gasteiger charge is 2.35. The number of nitrogens with two attached hydrogens (primary N) is 1. The zero-order valence-electron chi connectivity index (χ0n) is 13.9. The first-order valence-electron chi connectivity index (χ1n) is 8.14. The number of nitrogens with one attached hydrogen (secondary N) is 1. The topological polar surface area (TPSA) is 75.4 Å². The van der Waals surface area contributed by atoms with Crippen LogP contribution < -0.4 is 11.1 Å². The van der Waals surface area contributed by atoms with Crippen molar-refractivity contribution >= 4 is 28.2 Å². The number of thiophene rings is 1. The molecule has 2 amide bonds. The Kier molecular flexibility index (Phi) is 5.15. The minimum atomic E-state index is -0.574. The van der Waals surface area contributed by atoms with Crippen molar-refractivity contribution in [3.63, 3.8) is 0 Å². The van der Waals surface area contributed by atoms with Crippen LogP contribution >= 0.6 is 11.3 Å². The molecule has 1 saturated carbocycles. The molecule has 2 aromatic rings. The number of hydrogen-bond donors (Lipinski definition) is 2. The monoisotopic (exact) mass is 361 g/mol. The smallest absolute Gasteiger partial charge is 0.251 e. The largest absolute Gasteiger partial charge is 0.366 e. The van der Waals surface area contributed by atoms with Crippen LogP contribution in [0.1, 0.15) is 41.7 Å². The van der Waals surface area contributed by atoms with E-state index in [4.69, 9.17) is 5.73 Å². The number of benzene rings is 1. The SMILES string of the molecule is CC(c1ccccc1F)N(CC(=O)Nc1sccc1C(N)=O)C1CC1. The summed E-state index contributed by atoms with van der Waals surface area (Å²) in [4.78, 5) is 25.8. The summed E-state index contributed by atoms with van der Waals surface area (Å²) in [5.41, 5.74) is 6.18. The summed E-state index contributed by atoms with van der Waals surface area (Å²) in [6.45, 7) is 2.04. The Morgan fingerprint density at radius 3 is 2.72 bits per heavy atom. The minimum Gasteiger partial charge on any atom is -0.366 e. The standard InChI is InChI=1S/C18H20FN3O2S/c1-11(13-4-2-3-5-15(13)19)22(12-6-7-12)10-16(23)21-18-14(17(20)24)8-9-25-18/h2-5,8-9,11-12H,6-7,10H2,1H3,(H2,20,24)(H,21,23). The van der Waals surface area contributed by atoms with Crippen LogP contribution in [0.5, 0.6) is 0 Å². The van der Waals surface area contributed by atoms with Gasteiger partial charge in [0.25, 0.3) is 5.91 Å². The molecule has 0 aliphatic heterocycles. The Hall–Kier alpha value is -2.25. The van der Waals surface area contributed by atoms with Gasteiger partial charge in [-0.25, -0.2) is 4.39 Å². The highest BCUT2D eigenvalue weighted by Crippen LogP contribution is 2.35. The molecule has 1 aromatic carbocycles. The second-order valence-corrected chi connectivity index (χ2v) is 7.09. The molecule has 0 spiro atoms. The zero-order valence-corrected chi connectivity index (χ0v) is 14.7. The highest BCUT2D eigenvalue weighted by molar-refractivity contribution is 7.14. The number of amides is 2. The van der Waals surface area contributed by atoms with Gasteiger partial charge in [-0.05, 0) is 37.3 Å². The van der Waals surface area contributed by atoms with E-state index in [1.165, 1.54) is 17.4 Å². The molecule has 1 fully saturated rings. The first-order valence-corrected chi connectivity index (χ1v) is 9.02.